The van der Waals surface area contributed by atoms with Crippen LogP contribution in [0.5, 0.6) is 5.75 Å². The Balaban J connectivity index is 1.40. The minimum Gasteiger partial charge on any atom is -0.486 e. The molecule has 4 rings (SSSR count). The van der Waals surface area contributed by atoms with Crippen molar-refractivity contribution in [3.8, 4) is 5.75 Å². The number of nitrogens with zero attached hydrogens (tertiary/aromatic N) is 3. The Kier molecular flexibility index (Phi) is 4.40. The summed E-state index contributed by atoms with van der Waals surface area (Å²) in [6.45, 7) is 9.20. The summed E-state index contributed by atoms with van der Waals surface area (Å²) in [4.78, 5) is 26.8. The molecule has 2 aromatic rings. The third-order valence-electron chi connectivity index (χ3n) is 5.71. The van der Waals surface area contributed by atoms with Gasteiger partial charge in [0, 0.05) is 24.5 Å². The molecule has 28 heavy (non-hydrogen) atoms. The molecular formula is C21H26N4O3. The van der Waals surface area contributed by atoms with Gasteiger partial charge in [-0.1, -0.05) is 6.92 Å². The first kappa shape index (κ1) is 18.5. The van der Waals surface area contributed by atoms with Crippen molar-refractivity contribution in [2.45, 2.75) is 52.2 Å². The number of aromatic nitrogens is 2. The fraction of sp³-hybridized carbons (Fsp3) is 0.476. The normalized spacial score (nSPS) is 21.7. The molecule has 0 aliphatic carbocycles. The van der Waals surface area contributed by atoms with Gasteiger partial charge in [-0.05, 0) is 51.5 Å². The molecule has 2 aliphatic heterocycles. The first-order valence-corrected chi connectivity index (χ1v) is 9.73. The van der Waals surface area contributed by atoms with Crippen molar-refractivity contribution in [3.63, 3.8) is 0 Å². The maximum atomic E-state index is 12.5. The van der Waals surface area contributed by atoms with Crippen molar-refractivity contribution in [3.05, 3.63) is 41.2 Å². The van der Waals surface area contributed by atoms with Gasteiger partial charge in [-0.2, -0.15) is 5.10 Å². The van der Waals surface area contributed by atoms with Crippen LogP contribution < -0.4 is 10.1 Å². The van der Waals surface area contributed by atoms with E-state index >= 15 is 0 Å². The number of ketones is 1. The van der Waals surface area contributed by atoms with Crippen LogP contribution in [0.2, 0.25) is 0 Å². The fourth-order valence-corrected chi connectivity index (χ4v) is 3.84. The molecule has 2 amide bonds. The summed E-state index contributed by atoms with van der Waals surface area (Å²) >= 11 is 0. The minimum absolute atomic E-state index is 0.0511. The van der Waals surface area contributed by atoms with Crippen molar-refractivity contribution < 1.29 is 14.3 Å². The molecule has 3 heterocycles. The molecule has 1 aromatic carbocycles. The number of anilines is 1. The number of carbonyl (C=O) groups excluding carboxylic acids is 2. The van der Waals surface area contributed by atoms with Gasteiger partial charge in [0.1, 0.15) is 11.4 Å². The van der Waals surface area contributed by atoms with Crippen LogP contribution in [0.25, 0.3) is 0 Å². The average Bonchev–Trinajstić information content (AvgIpc) is 2.92. The highest BCUT2D eigenvalue weighted by Gasteiger charge is 2.36. The molecule has 0 saturated carbocycles. The molecule has 148 valence electrons. The van der Waals surface area contributed by atoms with Gasteiger partial charge in [-0.25, -0.2) is 4.79 Å². The molecule has 1 unspecified atom stereocenters. The van der Waals surface area contributed by atoms with E-state index in [-0.39, 0.29) is 17.9 Å². The van der Waals surface area contributed by atoms with E-state index in [1.165, 1.54) is 0 Å². The van der Waals surface area contributed by atoms with E-state index in [0.29, 0.717) is 36.5 Å². The summed E-state index contributed by atoms with van der Waals surface area (Å²) in [5, 5.41) is 7.38. The smallest absolute Gasteiger partial charge is 0.321 e. The SMILES string of the molecule is CCC1(C)CC(=O)c2cc(NC(=O)N3CC(n4nc(C)cc4C)C3)ccc2O1. The van der Waals surface area contributed by atoms with Crippen LogP contribution in [0, 0.1) is 13.8 Å². The number of amides is 2. The Morgan fingerprint density at radius 1 is 1.32 bits per heavy atom. The van der Waals surface area contributed by atoms with Crippen molar-refractivity contribution >= 4 is 17.5 Å². The van der Waals surface area contributed by atoms with Gasteiger partial charge in [-0.15, -0.1) is 0 Å². The Hall–Kier alpha value is -2.83. The lowest BCUT2D eigenvalue weighted by Crippen LogP contribution is -2.52. The van der Waals surface area contributed by atoms with E-state index in [1.807, 2.05) is 38.4 Å². The first-order chi connectivity index (χ1) is 13.3. The number of rotatable bonds is 3. The number of fused-ring (bicyclic) bond motifs is 1. The molecule has 1 N–H and O–H groups in total. The second kappa shape index (κ2) is 6.65. The first-order valence-electron chi connectivity index (χ1n) is 9.73. The highest BCUT2D eigenvalue weighted by atomic mass is 16.5. The van der Waals surface area contributed by atoms with E-state index in [4.69, 9.17) is 4.74 Å². The summed E-state index contributed by atoms with van der Waals surface area (Å²) in [6, 6.07) is 7.35. The van der Waals surface area contributed by atoms with Gasteiger partial charge < -0.3 is 15.0 Å². The molecular weight excluding hydrogens is 356 g/mol. The van der Waals surface area contributed by atoms with Crippen molar-refractivity contribution in [1.29, 1.82) is 0 Å². The van der Waals surface area contributed by atoms with Gasteiger partial charge in [0.25, 0.3) is 0 Å². The summed E-state index contributed by atoms with van der Waals surface area (Å²) in [6.07, 6.45) is 1.12. The molecule has 0 spiro atoms. The average molecular weight is 382 g/mol. The predicted octanol–water partition coefficient (Wildman–Crippen LogP) is 3.72. The Labute approximate surface area is 164 Å². The number of nitrogens with one attached hydrogen (secondary N) is 1. The highest BCUT2D eigenvalue weighted by molar-refractivity contribution is 6.02. The number of aryl methyl sites for hydroxylation is 2. The van der Waals surface area contributed by atoms with E-state index < -0.39 is 5.60 Å². The number of ether oxygens (including phenoxy) is 1. The molecule has 1 fully saturated rings. The second-order valence-electron chi connectivity index (χ2n) is 8.08. The third kappa shape index (κ3) is 3.25. The summed E-state index contributed by atoms with van der Waals surface area (Å²) in [7, 11) is 0. The molecule has 1 atom stereocenters. The molecule has 0 radical (unpaired) electrons. The zero-order valence-corrected chi connectivity index (χ0v) is 16.8. The zero-order valence-electron chi connectivity index (χ0n) is 16.8. The Bertz CT molecular complexity index is 945. The number of likely N-dealkylation sites (tertiary alicyclic amines) is 1. The Morgan fingerprint density at radius 3 is 2.71 bits per heavy atom. The third-order valence-corrected chi connectivity index (χ3v) is 5.71. The van der Waals surface area contributed by atoms with Gasteiger partial charge in [0.05, 0.1) is 23.7 Å². The lowest BCUT2D eigenvalue weighted by molar-refractivity contribution is 0.0499. The second-order valence-corrected chi connectivity index (χ2v) is 8.08. The molecule has 2 aliphatic rings. The molecule has 1 aromatic heterocycles. The van der Waals surface area contributed by atoms with Crippen molar-refractivity contribution in [1.82, 2.24) is 14.7 Å². The molecule has 1 saturated heterocycles. The molecule has 7 heteroatoms. The molecule has 0 bridgehead atoms. The number of hydrogen-bond donors (Lipinski definition) is 1. The molecule has 7 nitrogen and oxygen atoms in total. The standard InChI is InChI=1S/C21H26N4O3/c1-5-21(4)10-18(26)17-9-15(6-7-19(17)28-21)22-20(27)24-11-16(12-24)25-14(3)8-13(2)23-25/h6-9,16H,5,10-12H2,1-4H3,(H,22,27). The Morgan fingerprint density at radius 2 is 2.07 bits per heavy atom. The number of Topliss-reactive ketones (excluding diaryl/α,β-unsaturated/α-hetero) is 1. The largest absolute Gasteiger partial charge is 0.486 e. The predicted molar refractivity (Wildman–Crippen MR) is 106 cm³/mol. The zero-order chi connectivity index (χ0) is 20.1. The van der Waals surface area contributed by atoms with Crippen molar-refractivity contribution in [2.75, 3.05) is 18.4 Å². The van der Waals surface area contributed by atoms with Crippen LogP contribution in [0.4, 0.5) is 10.5 Å². The van der Waals surface area contributed by atoms with Gasteiger partial charge in [0.2, 0.25) is 0 Å². The van der Waals surface area contributed by atoms with E-state index in [1.54, 1.807) is 23.1 Å². The van der Waals surface area contributed by atoms with E-state index in [2.05, 4.69) is 10.4 Å². The monoisotopic (exact) mass is 382 g/mol. The number of carbonyl (C=O) groups is 2. The van der Waals surface area contributed by atoms with Gasteiger partial charge in [0.15, 0.2) is 5.78 Å². The van der Waals surface area contributed by atoms with Gasteiger partial charge in [-0.3, -0.25) is 9.48 Å². The topological polar surface area (TPSA) is 76.5 Å². The van der Waals surface area contributed by atoms with Gasteiger partial charge >= 0.3 is 6.03 Å². The number of hydrogen-bond acceptors (Lipinski definition) is 4. The van der Waals surface area contributed by atoms with Crippen LogP contribution in [-0.2, 0) is 0 Å². The van der Waals surface area contributed by atoms with Crippen LogP contribution >= 0.6 is 0 Å². The summed E-state index contributed by atoms with van der Waals surface area (Å²) in [5.74, 6) is 0.641. The fourth-order valence-electron chi connectivity index (χ4n) is 3.84. The van der Waals surface area contributed by atoms with Crippen LogP contribution in [0.15, 0.2) is 24.3 Å². The number of urea groups is 1. The lowest BCUT2D eigenvalue weighted by Gasteiger charge is -2.39. The van der Waals surface area contributed by atoms with E-state index in [9.17, 15) is 9.59 Å². The maximum absolute atomic E-state index is 12.5. The highest BCUT2D eigenvalue weighted by Crippen LogP contribution is 2.36. The van der Waals surface area contributed by atoms with Crippen LogP contribution in [0.3, 0.4) is 0 Å². The van der Waals surface area contributed by atoms with E-state index in [0.717, 1.165) is 17.8 Å². The quantitative estimate of drug-likeness (QED) is 0.878. The van der Waals surface area contributed by atoms with Crippen LogP contribution in [-0.4, -0.2) is 45.2 Å². The minimum atomic E-state index is -0.454. The lowest BCUT2D eigenvalue weighted by atomic mass is 9.89. The summed E-state index contributed by atoms with van der Waals surface area (Å²) < 4.78 is 7.99. The van der Waals surface area contributed by atoms with Crippen molar-refractivity contribution in [2.24, 2.45) is 0 Å². The summed E-state index contributed by atoms with van der Waals surface area (Å²) in [5.41, 5.74) is 2.78. The van der Waals surface area contributed by atoms with Crippen LogP contribution in [0.1, 0.15) is 54.5 Å². The number of benzene rings is 1. The maximum Gasteiger partial charge on any atom is 0.321 e.